The predicted octanol–water partition coefficient (Wildman–Crippen LogP) is 5.69. The molecule has 1 unspecified atom stereocenters. The summed E-state index contributed by atoms with van der Waals surface area (Å²) in [5.41, 5.74) is 1.84. The first-order chi connectivity index (χ1) is 18.9. The Morgan fingerprint density at radius 1 is 1.02 bits per heavy atom. The molecule has 0 bridgehead atoms. The molecule has 3 N–H and O–H groups in total. The first kappa shape index (κ1) is 30.9. The number of halogens is 1. The van der Waals surface area contributed by atoms with Crippen LogP contribution in [0.5, 0.6) is 23.0 Å². The van der Waals surface area contributed by atoms with Gasteiger partial charge in [0.25, 0.3) is 0 Å². The predicted molar refractivity (Wildman–Crippen MR) is 150 cm³/mol. The van der Waals surface area contributed by atoms with E-state index in [2.05, 4.69) is 5.32 Å². The molecule has 0 aliphatic rings. The average molecular weight is 556 g/mol. The molecular weight excluding hydrogens is 517 g/mol. The lowest BCUT2D eigenvalue weighted by molar-refractivity contribution is -0.00483. The molecule has 0 spiro atoms. The largest absolute Gasteiger partial charge is 0.493 e. The van der Waals surface area contributed by atoms with Gasteiger partial charge in [0.2, 0.25) is 5.75 Å². The maximum atomic E-state index is 13.9. The Kier molecular flexibility index (Phi) is 10.5. The van der Waals surface area contributed by atoms with Crippen LogP contribution in [-0.4, -0.2) is 55.2 Å². The number of methoxy groups -OCH3 is 2. The second kappa shape index (κ2) is 13.6. The molecule has 0 radical (unpaired) electrons. The summed E-state index contributed by atoms with van der Waals surface area (Å²) in [6.07, 6.45) is -0.628. The van der Waals surface area contributed by atoms with Gasteiger partial charge in [-0.3, -0.25) is 0 Å². The molecule has 0 heterocycles. The van der Waals surface area contributed by atoms with E-state index >= 15 is 0 Å². The maximum absolute atomic E-state index is 13.9. The van der Waals surface area contributed by atoms with Crippen LogP contribution < -0.4 is 19.5 Å². The van der Waals surface area contributed by atoms with Gasteiger partial charge in [-0.15, -0.1) is 0 Å². The highest BCUT2D eigenvalue weighted by Crippen LogP contribution is 2.43. The zero-order valence-electron chi connectivity index (χ0n) is 23.8. The first-order valence-corrected chi connectivity index (χ1v) is 13.0. The van der Waals surface area contributed by atoms with Crippen molar-refractivity contribution in [2.75, 3.05) is 27.4 Å². The van der Waals surface area contributed by atoms with Crippen molar-refractivity contribution in [2.45, 2.75) is 51.9 Å². The molecule has 2 atom stereocenters. The number of hydrogen-bond acceptors (Lipinski definition) is 7. The van der Waals surface area contributed by atoms with Gasteiger partial charge in [-0.25, -0.2) is 9.18 Å². The SMILES string of the molecule is COc1cc(C(=O)O)cc(OC)c1Oc1ccccc1C(C)OC[C@H](O)CNC(C)(C)Cc1ccc(C)c(F)c1. The molecule has 0 fully saturated rings. The molecule has 9 heteroatoms. The molecule has 0 saturated heterocycles. The van der Waals surface area contributed by atoms with E-state index in [4.69, 9.17) is 18.9 Å². The van der Waals surface area contributed by atoms with E-state index in [0.717, 1.165) is 11.1 Å². The number of carbonyl (C=O) groups is 1. The van der Waals surface area contributed by atoms with Gasteiger partial charge in [0.1, 0.15) is 11.6 Å². The summed E-state index contributed by atoms with van der Waals surface area (Å²) in [6.45, 7) is 7.94. The van der Waals surface area contributed by atoms with Gasteiger partial charge in [-0.2, -0.15) is 0 Å². The Labute approximate surface area is 234 Å². The summed E-state index contributed by atoms with van der Waals surface area (Å²) in [5.74, 6) is -0.237. The molecule has 0 aliphatic heterocycles. The summed E-state index contributed by atoms with van der Waals surface area (Å²) in [6, 6.07) is 15.2. The molecule has 216 valence electrons. The topological polar surface area (TPSA) is 106 Å². The van der Waals surface area contributed by atoms with Gasteiger partial charge in [-0.1, -0.05) is 30.3 Å². The molecule has 8 nitrogen and oxygen atoms in total. The van der Waals surface area contributed by atoms with Crippen LogP contribution in [0.1, 0.15) is 53.9 Å². The third kappa shape index (κ3) is 8.17. The summed E-state index contributed by atoms with van der Waals surface area (Å²) in [7, 11) is 2.83. The molecule has 40 heavy (non-hydrogen) atoms. The number of para-hydroxylation sites is 1. The van der Waals surface area contributed by atoms with Crippen LogP contribution >= 0.6 is 0 Å². The fourth-order valence-electron chi connectivity index (χ4n) is 4.24. The van der Waals surface area contributed by atoms with Crippen LogP contribution in [0.3, 0.4) is 0 Å². The van der Waals surface area contributed by atoms with Gasteiger partial charge < -0.3 is 34.5 Å². The van der Waals surface area contributed by atoms with Crippen LogP contribution in [0.15, 0.2) is 54.6 Å². The first-order valence-electron chi connectivity index (χ1n) is 13.0. The smallest absolute Gasteiger partial charge is 0.335 e. The lowest BCUT2D eigenvalue weighted by Crippen LogP contribution is -2.46. The van der Waals surface area contributed by atoms with Crippen molar-refractivity contribution in [2.24, 2.45) is 0 Å². The number of carboxylic acid groups (broad SMARTS) is 1. The van der Waals surface area contributed by atoms with E-state index in [1.54, 1.807) is 31.2 Å². The second-order valence-electron chi connectivity index (χ2n) is 10.3. The quantitative estimate of drug-likeness (QED) is 0.233. The summed E-state index contributed by atoms with van der Waals surface area (Å²) >= 11 is 0. The molecule has 3 aromatic rings. The minimum Gasteiger partial charge on any atom is -0.493 e. The lowest BCUT2D eigenvalue weighted by Gasteiger charge is -2.28. The second-order valence-corrected chi connectivity index (χ2v) is 10.3. The van der Waals surface area contributed by atoms with E-state index in [0.29, 0.717) is 17.7 Å². The van der Waals surface area contributed by atoms with Crippen molar-refractivity contribution >= 4 is 5.97 Å². The minimum absolute atomic E-state index is 0.00263. The van der Waals surface area contributed by atoms with Crippen molar-refractivity contribution in [3.8, 4) is 23.0 Å². The van der Waals surface area contributed by atoms with Gasteiger partial charge in [-0.05, 0) is 69.5 Å². The Hall–Kier alpha value is -3.66. The van der Waals surface area contributed by atoms with Gasteiger partial charge >= 0.3 is 5.97 Å². The number of carboxylic acids is 1. The van der Waals surface area contributed by atoms with Crippen molar-refractivity contribution in [1.82, 2.24) is 5.32 Å². The Balaban J connectivity index is 1.64. The monoisotopic (exact) mass is 555 g/mol. The highest BCUT2D eigenvalue weighted by molar-refractivity contribution is 5.89. The number of hydrogen-bond donors (Lipinski definition) is 3. The highest BCUT2D eigenvalue weighted by Gasteiger charge is 2.23. The van der Waals surface area contributed by atoms with Gasteiger partial charge in [0, 0.05) is 17.6 Å². The Morgan fingerprint density at radius 3 is 2.27 bits per heavy atom. The zero-order chi connectivity index (χ0) is 29.4. The Morgan fingerprint density at radius 2 is 1.68 bits per heavy atom. The number of nitrogens with one attached hydrogen (secondary N) is 1. The van der Waals surface area contributed by atoms with Crippen LogP contribution in [0, 0.1) is 12.7 Å². The zero-order valence-corrected chi connectivity index (χ0v) is 23.8. The number of β-amino-alcohol motifs (C(OH)–C–C–N with tert-alkyl or cyclic N) is 1. The number of aliphatic hydroxyl groups is 1. The van der Waals surface area contributed by atoms with Crippen molar-refractivity contribution in [1.29, 1.82) is 0 Å². The Bertz CT molecular complexity index is 1290. The molecule has 0 aromatic heterocycles. The number of ether oxygens (including phenoxy) is 4. The number of aliphatic hydroxyl groups excluding tert-OH is 1. The highest BCUT2D eigenvalue weighted by atomic mass is 19.1. The molecule has 0 saturated carbocycles. The maximum Gasteiger partial charge on any atom is 0.335 e. The number of aromatic carboxylic acids is 1. The van der Waals surface area contributed by atoms with Crippen LogP contribution in [0.4, 0.5) is 4.39 Å². The number of aryl methyl sites for hydroxylation is 1. The molecule has 3 aromatic carbocycles. The molecular formula is C31H38FNO7. The molecule has 0 aliphatic carbocycles. The van der Waals surface area contributed by atoms with E-state index in [-0.39, 0.29) is 47.3 Å². The van der Waals surface area contributed by atoms with Crippen molar-refractivity contribution in [3.63, 3.8) is 0 Å². The third-order valence-electron chi connectivity index (χ3n) is 6.51. The van der Waals surface area contributed by atoms with Crippen molar-refractivity contribution in [3.05, 3.63) is 82.7 Å². The standard InChI is InChI=1S/C31H38FNO7/c1-19-11-12-21(13-25(19)32)16-31(3,4)33-17-23(34)18-39-20(2)24-9-7-8-10-26(24)40-29-27(37-5)14-22(30(35)36)15-28(29)38-6/h7-15,20,23,33-34H,16-18H2,1-6H3,(H,35,36)/t20?,23-/m1/s1. The lowest BCUT2D eigenvalue weighted by atomic mass is 9.94. The normalized spacial score (nSPS) is 13.0. The summed E-state index contributed by atoms with van der Waals surface area (Å²) < 4.78 is 36.8. The van der Waals surface area contributed by atoms with Gasteiger partial charge in [0.05, 0.1) is 38.6 Å². The summed E-state index contributed by atoms with van der Waals surface area (Å²) in [5, 5.41) is 23.3. The average Bonchev–Trinajstić information content (AvgIpc) is 2.92. The fourth-order valence-corrected chi connectivity index (χ4v) is 4.24. The van der Waals surface area contributed by atoms with E-state index in [9.17, 15) is 19.4 Å². The van der Waals surface area contributed by atoms with Crippen molar-refractivity contribution < 1.29 is 38.3 Å². The third-order valence-corrected chi connectivity index (χ3v) is 6.51. The van der Waals surface area contributed by atoms with Crippen LogP contribution in [-0.2, 0) is 11.2 Å². The van der Waals surface area contributed by atoms with Crippen LogP contribution in [0.2, 0.25) is 0 Å². The minimum atomic E-state index is -1.12. The van der Waals surface area contributed by atoms with Crippen LogP contribution in [0.25, 0.3) is 0 Å². The summed E-state index contributed by atoms with van der Waals surface area (Å²) in [4.78, 5) is 11.5. The fraction of sp³-hybridized carbons (Fsp3) is 0.387. The number of benzene rings is 3. The van der Waals surface area contributed by atoms with E-state index < -0.39 is 18.2 Å². The van der Waals surface area contributed by atoms with E-state index in [1.165, 1.54) is 26.4 Å². The van der Waals surface area contributed by atoms with Gasteiger partial charge in [0.15, 0.2) is 11.5 Å². The van der Waals surface area contributed by atoms with E-state index in [1.807, 2.05) is 39.0 Å². The number of rotatable bonds is 14. The molecule has 3 rings (SSSR count). The molecule has 0 amide bonds.